The highest BCUT2D eigenvalue weighted by Gasteiger charge is 2.52. The second kappa shape index (κ2) is 15.5. The highest BCUT2D eigenvalue weighted by molar-refractivity contribution is 9.13. The zero-order chi connectivity index (χ0) is 33.8. The summed E-state index contributed by atoms with van der Waals surface area (Å²) in [5.74, 6) is 2.12. The normalized spacial score (nSPS) is 24.8. The quantitative estimate of drug-likeness (QED) is 0.296. The van der Waals surface area contributed by atoms with Crippen molar-refractivity contribution < 1.29 is 23.9 Å². The number of nitrogens with zero attached hydrogens (tertiary/aromatic N) is 4. The van der Waals surface area contributed by atoms with Gasteiger partial charge in [-0.2, -0.15) is 0 Å². The van der Waals surface area contributed by atoms with Crippen LogP contribution < -0.4 is 10.1 Å². The fraction of sp³-hybridized carbons (Fsp3) is 0.583. The van der Waals surface area contributed by atoms with Crippen LogP contribution in [0.4, 0.5) is 15.3 Å². The Balaban J connectivity index is 1.23. The van der Waals surface area contributed by atoms with Gasteiger partial charge in [0.2, 0.25) is 0 Å². The second-order valence-electron chi connectivity index (χ2n) is 13.8. The first-order valence-electron chi connectivity index (χ1n) is 17.2. The minimum atomic E-state index is -0.886. The minimum Gasteiger partial charge on any atom is -0.497 e. The summed E-state index contributed by atoms with van der Waals surface area (Å²) in [5.41, 5.74) is 1.80. The largest absolute Gasteiger partial charge is 0.497 e. The van der Waals surface area contributed by atoms with Crippen LogP contribution in [0.25, 0.3) is 0 Å². The number of carbonyl (C=O) groups excluding carboxylic acids is 3. The molecule has 4 heterocycles. The number of piperidine rings is 3. The van der Waals surface area contributed by atoms with Crippen molar-refractivity contribution >= 4 is 56.0 Å². The van der Waals surface area contributed by atoms with Crippen molar-refractivity contribution in [3.8, 4) is 5.75 Å². The van der Waals surface area contributed by atoms with E-state index in [4.69, 9.17) is 9.47 Å². The van der Waals surface area contributed by atoms with Crippen LogP contribution in [-0.4, -0.2) is 103 Å². The van der Waals surface area contributed by atoms with Gasteiger partial charge < -0.3 is 29.4 Å². The van der Waals surface area contributed by atoms with Gasteiger partial charge in [-0.25, -0.2) is 9.59 Å². The number of urea groups is 1. The Labute approximate surface area is 300 Å². The van der Waals surface area contributed by atoms with Gasteiger partial charge in [0.25, 0.3) is 0 Å². The van der Waals surface area contributed by atoms with Crippen molar-refractivity contribution in [2.75, 3.05) is 58.7 Å². The molecule has 4 aliphatic rings. The lowest BCUT2D eigenvalue weighted by atomic mass is 9.77. The molecule has 0 unspecified atom stereocenters. The lowest BCUT2D eigenvalue weighted by Crippen LogP contribution is -2.69. The Hall–Kier alpha value is -2.67. The number of halogens is 2. The Morgan fingerprint density at radius 2 is 1.69 bits per heavy atom. The van der Waals surface area contributed by atoms with E-state index >= 15 is 0 Å². The maximum absolute atomic E-state index is 14.0. The SMILES string of the molecule is COc1ccc2c(c1)CCN([C@@H]1CCN(C(=O)OCc3ccc(Br)c(Br)c3)[C@](CC=O)(N3CCC(C4CCN(C)CC4)CC3)C1)C(=O)N2. The van der Waals surface area contributed by atoms with E-state index in [1.54, 1.807) is 12.0 Å². The van der Waals surface area contributed by atoms with Gasteiger partial charge in [-0.3, -0.25) is 9.80 Å². The maximum atomic E-state index is 14.0. The number of likely N-dealkylation sites (tertiary alicyclic amines) is 3. The fourth-order valence-electron chi connectivity index (χ4n) is 8.40. The van der Waals surface area contributed by atoms with Crippen molar-refractivity contribution in [1.82, 2.24) is 19.6 Å². The van der Waals surface area contributed by atoms with E-state index < -0.39 is 11.8 Å². The van der Waals surface area contributed by atoms with Gasteiger partial charge >= 0.3 is 12.1 Å². The fourth-order valence-corrected chi connectivity index (χ4v) is 9.07. The van der Waals surface area contributed by atoms with Crippen molar-refractivity contribution in [2.24, 2.45) is 11.8 Å². The van der Waals surface area contributed by atoms with Crippen LogP contribution in [0.2, 0.25) is 0 Å². The number of amides is 3. The van der Waals surface area contributed by atoms with E-state index in [9.17, 15) is 14.4 Å². The van der Waals surface area contributed by atoms with Gasteiger partial charge in [-0.15, -0.1) is 0 Å². The van der Waals surface area contributed by atoms with Crippen molar-refractivity contribution in [1.29, 1.82) is 0 Å². The monoisotopic (exact) mass is 787 g/mol. The van der Waals surface area contributed by atoms with Gasteiger partial charge in [0.05, 0.1) is 7.11 Å². The molecule has 3 saturated heterocycles. The molecular formula is C36H47Br2N5O5. The molecule has 260 valence electrons. The summed E-state index contributed by atoms with van der Waals surface area (Å²) >= 11 is 7.04. The maximum Gasteiger partial charge on any atom is 0.411 e. The Morgan fingerprint density at radius 3 is 2.38 bits per heavy atom. The van der Waals surface area contributed by atoms with Crippen LogP contribution in [0.1, 0.15) is 56.1 Å². The second-order valence-corrected chi connectivity index (χ2v) is 15.5. The van der Waals surface area contributed by atoms with E-state index in [0.717, 1.165) is 82.7 Å². The molecule has 0 radical (unpaired) electrons. The highest BCUT2D eigenvalue weighted by Crippen LogP contribution is 2.42. The molecule has 1 N–H and O–H groups in total. The van der Waals surface area contributed by atoms with Gasteiger partial charge in [0.15, 0.2) is 0 Å². The number of carbonyl (C=O) groups is 3. The van der Waals surface area contributed by atoms with E-state index in [-0.39, 0.29) is 25.1 Å². The summed E-state index contributed by atoms with van der Waals surface area (Å²) in [6.07, 6.45) is 6.97. The molecule has 10 nitrogen and oxygen atoms in total. The molecule has 3 amide bonds. The third kappa shape index (κ3) is 7.56. The average molecular weight is 790 g/mol. The number of benzene rings is 2. The zero-order valence-corrected chi connectivity index (χ0v) is 31.1. The van der Waals surface area contributed by atoms with Gasteiger partial charge in [0, 0.05) is 59.7 Å². The third-order valence-corrected chi connectivity index (χ3v) is 13.0. The standard InChI is InChI=1S/C36H47Br2N5O5/c1-40-14-7-26(8-15-40)27-9-16-41(17-10-27)36(13-20-44)23-29(42-18-11-28-22-30(47-2)4-6-33(28)39-34(42)45)12-19-43(36)35(46)48-24-25-3-5-31(37)32(38)21-25/h3-6,20-22,26-27,29H,7-19,23-24H2,1-2H3,(H,39,45)/t29-,36+/m1/s1. The molecular weight excluding hydrogens is 742 g/mol. The molecule has 0 spiro atoms. The van der Waals surface area contributed by atoms with E-state index in [1.807, 2.05) is 41.3 Å². The number of fused-ring (bicyclic) bond motifs is 1. The summed E-state index contributed by atoms with van der Waals surface area (Å²) < 4.78 is 13.2. The minimum absolute atomic E-state index is 0.121. The molecule has 3 fully saturated rings. The molecule has 2 aromatic rings. The number of methoxy groups -OCH3 is 1. The van der Waals surface area contributed by atoms with Crippen LogP contribution in [0.3, 0.4) is 0 Å². The van der Waals surface area contributed by atoms with Gasteiger partial charge in [-0.1, -0.05) is 6.07 Å². The summed E-state index contributed by atoms with van der Waals surface area (Å²) in [7, 11) is 3.84. The number of hydrogen-bond donors (Lipinski definition) is 1. The number of aldehydes is 1. The molecule has 0 bridgehead atoms. The smallest absolute Gasteiger partial charge is 0.411 e. The molecule has 0 aliphatic carbocycles. The average Bonchev–Trinajstić information content (AvgIpc) is 3.26. The Bertz CT molecular complexity index is 1480. The topological polar surface area (TPSA) is 94.7 Å². The highest BCUT2D eigenvalue weighted by atomic mass is 79.9. The van der Waals surface area contributed by atoms with Crippen LogP contribution in [0.5, 0.6) is 5.75 Å². The van der Waals surface area contributed by atoms with Crippen LogP contribution in [0, 0.1) is 11.8 Å². The van der Waals surface area contributed by atoms with Crippen molar-refractivity contribution in [3.05, 3.63) is 56.5 Å². The van der Waals surface area contributed by atoms with Crippen LogP contribution >= 0.6 is 31.9 Å². The molecule has 6 rings (SSSR count). The molecule has 2 aromatic carbocycles. The molecule has 48 heavy (non-hydrogen) atoms. The number of anilines is 1. The van der Waals surface area contributed by atoms with Crippen LogP contribution in [0.15, 0.2) is 45.3 Å². The van der Waals surface area contributed by atoms with Gasteiger partial charge in [0.1, 0.15) is 24.3 Å². The lowest BCUT2D eigenvalue weighted by molar-refractivity contribution is -0.129. The predicted molar refractivity (Wildman–Crippen MR) is 192 cm³/mol. The van der Waals surface area contributed by atoms with E-state index in [2.05, 4.69) is 54.0 Å². The molecule has 0 saturated carbocycles. The summed E-state index contributed by atoms with van der Waals surface area (Å²) in [4.78, 5) is 48.8. The number of hydrogen-bond acceptors (Lipinski definition) is 7. The first-order valence-corrected chi connectivity index (χ1v) is 18.8. The summed E-state index contributed by atoms with van der Waals surface area (Å²) in [6, 6.07) is 11.2. The summed E-state index contributed by atoms with van der Waals surface area (Å²) in [6.45, 7) is 4.94. The molecule has 4 aliphatic heterocycles. The predicted octanol–water partition coefficient (Wildman–Crippen LogP) is 6.75. The lowest BCUT2D eigenvalue weighted by Gasteiger charge is -2.57. The zero-order valence-electron chi connectivity index (χ0n) is 28.0. The first kappa shape index (κ1) is 35.2. The summed E-state index contributed by atoms with van der Waals surface area (Å²) in [5, 5.41) is 3.12. The molecule has 12 heteroatoms. The Morgan fingerprint density at radius 1 is 0.958 bits per heavy atom. The third-order valence-electron chi connectivity index (χ3n) is 11.2. The number of nitrogens with one attached hydrogen (secondary N) is 1. The molecule has 0 aromatic heterocycles. The van der Waals surface area contributed by atoms with Gasteiger partial charge in [-0.05, 0) is 144 Å². The van der Waals surface area contributed by atoms with Crippen LogP contribution in [-0.2, 0) is 22.6 Å². The van der Waals surface area contributed by atoms with Crippen molar-refractivity contribution in [2.45, 2.75) is 69.7 Å². The number of rotatable bonds is 8. The van der Waals surface area contributed by atoms with Crippen molar-refractivity contribution in [3.63, 3.8) is 0 Å². The number of ether oxygens (including phenoxy) is 2. The van der Waals surface area contributed by atoms with E-state index in [1.165, 1.54) is 12.8 Å². The molecule has 2 atom stereocenters. The Kier molecular flexibility index (Phi) is 11.3. The van der Waals surface area contributed by atoms with E-state index in [0.29, 0.717) is 38.3 Å². The first-order chi connectivity index (χ1) is 23.2.